The van der Waals surface area contributed by atoms with Gasteiger partial charge in [-0.05, 0) is 24.6 Å². The van der Waals surface area contributed by atoms with Crippen molar-refractivity contribution in [2.45, 2.75) is 6.92 Å². The van der Waals surface area contributed by atoms with Gasteiger partial charge in [0, 0.05) is 11.8 Å². The predicted molar refractivity (Wildman–Crippen MR) is 78.9 cm³/mol. The first-order chi connectivity index (χ1) is 10.8. The Kier molecular flexibility index (Phi) is 2.86. The zero-order valence-electron chi connectivity index (χ0n) is 11.8. The molecule has 0 fully saturated rings. The van der Waals surface area contributed by atoms with Gasteiger partial charge in [-0.15, -0.1) is 0 Å². The van der Waals surface area contributed by atoms with Crippen LogP contribution in [0.4, 0.5) is 11.4 Å². The third kappa shape index (κ3) is 1.78. The van der Waals surface area contributed by atoms with E-state index in [1.54, 1.807) is 0 Å². The van der Waals surface area contributed by atoms with Crippen LogP contribution in [-0.4, -0.2) is 26.7 Å². The average molecular weight is 314 g/mol. The van der Waals surface area contributed by atoms with E-state index in [1.807, 2.05) is 0 Å². The maximum Gasteiger partial charge on any atom is 0.281 e. The van der Waals surface area contributed by atoms with Gasteiger partial charge in [-0.25, -0.2) is 0 Å². The largest absolute Gasteiger partial charge is 0.507 e. The number of hydrogen-bond donors (Lipinski definition) is 3. The van der Waals surface area contributed by atoms with E-state index in [2.05, 4.69) is 0 Å². The van der Waals surface area contributed by atoms with Gasteiger partial charge in [0.1, 0.15) is 17.1 Å². The number of nitrogens with two attached hydrogens (primary N) is 1. The first-order valence-electron chi connectivity index (χ1n) is 6.47. The number of nitrogens with zero attached hydrogens (tertiary/aromatic N) is 1. The molecule has 4 N–H and O–H groups in total. The number of nitro benzene ring substituents is 1. The van der Waals surface area contributed by atoms with E-state index in [0.29, 0.717) is 0 Å². The summed E-state index contributed by atoms with van der Waals surface area (Å²) in [5.41, 5.74) is 3.44. The molecular weight excluding hydrogens is 304 g/mol. The third-order valence-electron chi connectivity index (χ3n) is 3.79. The van der Waals surface area contributed by atoms with Crippen LogP contribution < -0.4 is 5.73 Å². The van der Waals surface area contributed by atoms with Crippen LogP contribution in [0.25, 0.3) is 0 Å². The Hall–Kier alpha value is -3.42. The lowest BCUT2D eigenvalue weighted by atomic mass is 9.80. The van der Waals surface area contributed by atoms with Gasteiger partial charge >= 0.3 is 0 Å². The summed E-state index contributed by atoms with van der Waals surface area (Å²) in [7, 11) is 0. The van der Waals surface area contributed by atoms with Crippen molar-refractivity contribution in [1.29, 1.82) is 0 Å². The van der Waals surface area contributed by atoms with Crippen molar-refractivity contribution in [3.63, 3.8) is 0 Å². The molecule has 0 spiro atoms. The number of fused-ring (bicyclic) bond motifs is 2. The minimum atomic E-state index is -0.929. The second kappa shape index (κ2) is 4.54. The van der Waals surface area contributed by atoms with Crippen LogP contribution in [0.2, 0.25) is 0 Å². The van der Waals surface area contributed by atoms with Gasteiger partial charge in [0.15, 0.2) is 0 Å². The number of hydrogen-bond acceptors (Lipinski definition) is 7. The topological polar surface area (TPSA) is 144 Å². The first-order valence-corrected chi connectivity index (χ1v) is 6.47. The van der Waals surface area contributed by atoms with Crippen LogP contribution in [0.3, 0.4) is 0 Å². The lowest BCUT2D eigenvalue weighted by Gasteiger charge is -2.21. The number of anilines is 1. The first kappa shape index (κ1) is 14.5. The van der Waals surface area contributed by atoms with E-state index in [9.17, 15) is 29.9 Å². The SMILES string of the molecule is Cc1cc([N+](=O)[O-])c2c(c1O)C(=O)c1c(N)ccc(O)c1C2=O. The van der Waals surface area contributed by atoms with Crippen LogP contribution in [0.5, 0.6) is 11.5 Å². The molecule has 0 radical (unpaired) electrons. The Bertz CT molecular complexity index is 932. The second-order valence-corrected chi connectivity index (χ2v) is 5.15. The molecule has 116 valence electrons. The van der Waals surface area contributed by atoms with Crippen molar-refractivity contribution in [2.24, 2.45) is 0 Å². The molecule has 1 aliphatic carbocycles. The summed E-state index contributed by atoms with van der Waals surface area (Å²) >= 11 is 0. The summed E-state index contributed by atoms with van der Waals surface area (Å²) in [4.78, 5) is 35.7. The minimum Gasteiger partial charge on any atom is -0.507 e. The number of nitro groups is 1. The highest BCUT2D eigenvalue weighted by atomic mass is 16.6. The zero-order chi connectivity index (χ0) is 17.0. The molecule has 1 aliphatic rings. The van der Waals surface area contributed by atoms with Gasteiger partial charge in [-0.3, -0.25) is 19.7 Å². The minimum absolute atomic E-state index is 0.0645. The van der Waals surface area contributed by atoms with Crippen LogP contribution in [0.1, 0.15) is 37.4 Å². The smallest absolute Gasteiger partial charge is 0.281 e. The lowest BCUT2D eigenvalue weighted by molar-refractivity contribution is -0.385. The predicted octanol–water partition coefficient (Wildman–Crippen LogP) is 1.67. The maximum atomic E-state index is 12.6. The van der Waals surface area contributed by atoms with E-state index in [0.717, 1.165) is 12.1 Å². The number of ketones is 2. The van der Waals surface area contributed by atoms with E-state index in [4.69, 9.17) is 5.73 Å². The summed E-state index contributed by atoms with van der Waals surface area (Å²) in [6, 6.07) is 3.38. The van der Waals surface area contributed by atoms with E-state index in [-0.39, 0.29) is 16.8 Å². The van der Waals surface area contributed by atoms with Crippen molar-refractivity contribution in [3.05, 3.63) is 56.1 Å². The summed E-state index contributed by atoms with van der Waals surface area (Å²) in [5.74, 6) is -2.79. The Morgan fingerprint density at radius 1 is 1.04 bits per heavy atom. The van der Waals surface area contributed by atoms with Crippen LogP contribution in [0.15, 0.2) is 18.2 Å². The molecule has 3 rings (SSSR count). The number of aromatic hydroxyl groups is 2. The van der Waals surface area contributed by atoms with Crippen LogP contribution >= 0.6 is 0 Å². The average Bonchev–Trinajstić information content (AvgIpc) is 2.49. The molecule has 0 bridgehead atoms. The molecule has 0 atom stereocenters. The van der Waals surface area contributed by atoms with Gasteiger partial charge in [-0.1, -0.05) is 0 Å². The summed E-state index contributed by atoms with van der Waals surface area (Å²) < 4.78 is 0. The quantitative estimate of drug-likeness (QED) is 0.268. The van der Waals surface area contributed by atoms with E-state index < -0.39 is 50.4 Å². The van der Waals surface area contributed by atoms with Gasteiger partial charge < -0.3 is 15.9 Å². The molecule has 0 unspecified atom stereocenters. The highest BCUT2D eigenvalue weighted by Gasteiger charge is 2.41. The monoisotopic (exact) mass is 314 g/mol. The molecule has 2 aromatic carbocycles. The highest BCUT2D eigenvalue weighted by Crippen LogP contribution is 2.43. The number of benzene rings is 2. The highest BCUT2D eigenvalue weighted by molar-refractivity contribution is 6.33. The number of rotatable bonds is 1. The fourth-order valence-electron chi connectivity index (χ4n) is 2.72. The molecule has 0 aliphatic heterocycles. The number of aryl methyl sites for hydroxylation is 1. The van der Waals surface area contributed by atoms with E-state index >= 15 is 0 Å². The van der Waals surface area contributed by atoms with Gasteiger partial charge in [0.05, 0.1) is 21.6 Å². The van der Waals surface area contributed by atoms with Crippen molar-refractivity contribution >= 4 is 22.9 Å². The Morgan fingerprint density at radius 3 is 2.26 bits per heavy atom. The van der Waals surface area contributed by atoms with Crippen molar-refractivity contribution in [2.75, 3.05) is 5.73 Å². The lowest BCUT2D eigenvalue weighted by Crippen LogP contribution is -2.24. The summed E-state index contributed by atoms with van der Waals surface area (Å²) in [5, 5.41) is 31.2. The molecular formula is C15H10N2O6. The molecule has 23 heavy (non-hydrogen) atoms. The molecule has 0 aromatic heterocycles. The maximum absolute atomic E-state index is 12.6. The van der Waals surface area contributed by atoms with Gasteiger partial charge in [0.25, 0.3) is 5.69 Å². The van der Waals surface area contributed by atoms with Crippen LogP contribution in [-0.2, 0) is 0 Å². The molecule has 2 aromatic rings. The molecule has 0 amide bonds. The van der Waals surface area contributed by atoms with E-state index in [1.165, 1.54) is 13.0 Å². The number of carbonyl (C=O) groups excluding carboxylic acids is 2. The Balaban J connectivity index is 2.50. The second-order valence-electron chi connectivity index (χ2n) is 5.15. The third-order valence-corrected chi connectivity index (χ3v) is 3.79. The molecule has 0 saturated carbocycles. The number of carbonyl (C=O) groups is 2. The fourth-order valence-corrected chi connectivity index (χ4v) is 2.72. The van der Waals surface area contributed by atoms with Gasteiger partial charge in [-0.2, -0.15) is 0 Å². The van der Waals surface area contributed by atoms with Crippen molar-refractivity contribution < 1.29 is 24.7 Å². The summed E-state index contributed by atoms with van der Waals surface area (Å²) in [6.45, 7) is 1.38. The van der Waals surface area contributed by atoms with Crippen molar-refractivity contribution in [1.82, 2.24) is 0 Å². The Morgan fingerprint density at radius 2 is 1.65 bits per heavy atom. The fraction of sp³-hybridized carbons (Fsp3) is 0.0667. The zero-order valence-corrected chi connectivity index (χ0v) is 11.8. The summed E-state index contributed by atoms with van der Waals surface area (Å²) in [6.07, 6.45) is 0. The number of nitrogen functional groups attached to an aromatic ring is 1. The molecule has 8 heteroatoms. The molecule has 0 saturated heterocycles. The van der Waals surface area contributed by atoms with Crippen molar-refractivity contribution in [3.8, 4) is 11.5 Å². The normalized spacial score (nSPS) is 12.7. The standard InChI is InChI=1S/C15H10N2O6/c1-5-4-7(17(22)23)10-12(13(5)19)14(20)9-6(16)2-3-8(18)11(9)15(10)21/h2-4,18-19H,16H2,1H3. The molecule has 0 heterocycles. The van der Waals surface area contributed by atoms with Crippen LogP contribution in [0, 0.1) is 17.0 Å². The van der Waals surface area contributed by atoms with Gasteiger partial charge in [0.2, 0.25) is 11.6 Å². The Labute approximate surface area is 128 Å². The molecule has 8 nitrogen and oxygen atoms in total. The number of phenolic OH excluding ortho intramolecular Hbond substituents is 2. The number of phenols is 2.